The summed E-state index contributed by atoms with van der Waals surface area (Å²) < 4.78 is 0. The third-order valence-corrected chi connectivity index (χ3v) is 5.75. The van der Waals surface area contributed by atoms with Gasteiger partial charge in [-0.3, -0.25) is 15.0 Å². The Labute approximate surface area is 168 Å². The maximum absolute atomic E-state index is 13.0. The van der Waals surface area contributed by atoms with Gasteiger partial charge in [-0.15, -0.1) is 11.8 Å². The Kier molecular flexibility index (Phi) is 6.04. The van der Waals surface area contributed by atoms with Crippen molar-refractivity contribution in [2.45, 2.75) is 31.6 Å². The Morgan fingerprint density at radius 2 is 1.79 bits per heavy atom. The topological polar surface area (TPSA) is 78.5 Å². The summed E-state index contributed by atoms with van der Waals surface area (Å²) in [5, 5.41) is 3.54. The van der Waals surface area contributed by atoms with Gasteiger partial charge in [-0.2, -0.15) is 5.01 Å². The molecule has 0 bridgehead atoms. The summed E-state index contributed by atoms with van der Waals surface area (Å²) in [5.41, 5.74) is 4.29. The van der Waals surface area contributed by atoms with Crippen LogP contribution >= 0.6 is 11.8 Å². The second kappa shape index (κ2) is 8.48. The van der Waals surface area contributed by atoms with Crippen LogP contribution in [-0.2, 0) is 20.9 Å². The predicted molar refractivity (Wildman–Crippen MR) is 109 cm³/mol. The lowest BCUT2D eigenvalue weighted by atomic mass is 9.87. The summed E-state index contributed by atoms with van der Waals surface area (Å²) in [4.78, 5) is 37.6. The van der Waals surface area contributed by atoms with Crippen LogP contribution < -0.4 is 10.7 Å². The number of thioether (sulfide) groups is 1. The highest BCUT2D eigenvalue weighted by molar-refractivity contribution is 7.99. The summed E-state index contributed by atoms with van der Waals surface area (Å²) in [6.45, 7) is 3.85. The van der Waals surface area contributed by atoms with Gasteiger partial charge >= 0.3 is 6.03 Å². The van der Waals surface area contributed by atoms with Crippen LogP contribution in [0.3, 0.4) is 0 Å². The van der Waals surface area contributed by atoms with Crippen molar-refractivity contribution in [3.8, 4) is 0 Å². The molecule has 1 heterocycles. The first-order valence-electron chi connectivity index (χ1n) is 9.11. The van der Waals surface area contributed by atoms with Gasteiger partial charge in [-0.1, -0.05) is 67.1 Å². The van der Waals surface area contributed by atoms with Crippen molar-refractivity contribution in [3.05, 3.63) is 71.3 Å². The lowest BCUT2D eigenvalue weighted by molar-refractivity contribution is -0.138. The molecule has 1 aliphatic heterocycles. The summed E-state index contributed by atoms with van der Waals surface area (Å²) in [5.74, 6) is -0.0322. The minimum Gasteiger partial charge on any atom is -0.318 e. The standard InChI is InChI=1S/C21H23N3O3S/c1-3-21(17-7-5-4-6-8-17)19(26)24(20(27)22-21)23-18(25)14-28-13-16-11-9-15(2)10-12-16/h4-12H,3,13-14H2,1-2H3,(H,22,27)(H,23,25)/t21-/m0/s1. The fourth-order valence-electron chi connectivity index (χ4n) is 3.14. The molecule has 146 valence electrons. The van der Waals surface area contributed by atoms with Gasteiger partial charge in [0.2, 0.25) is 5.91 Å². The van der Waals surface area contributed by atoms with Gasteiger partial charge in [-0.05, 0) is 24.5 Å². The van der Waals surface area contributed by atoms with E-state index in [4.69, 9.17) is 0 Å². The normalized spacial score (nSPS) is 18.9. The SMILES string of the molecule is CC[C@@]1(c2ccccc2)NC(=O)N(NC(=O)CSCc2ccc(C)cc2)C1=O. The minimum atomic E-state index is -1.15. The molecular weight excluding hydrogens is 374 g/mol. The molecule has 0 spiro atoms. The molecule has 0 unspecified atom stereocenters. The lowest BCUT2D eigenvalue weighted by Crippen LogP contribution is -2.49. The van der Waals surface area contributed by atoms with Crippen LogP contribution in [-0.4, -0.2) is 28.6 Å². The number of hydrogen-bond acceptors (Lipinski definition) is 4. The zero-order chi connectivity index (χ0) is 20.1. The molecule has 2 aromatic rings. The van der Waals surface area contributed by atoms with Crippen molar-refractivity contribution in [1.29, 1.82) is 0 Å². The largest absolute Gasteiger partial charge is 0.344 e. The fraction of sp³-hybridized carbons (Fsp3) is 0.286. The van der Waals surface area contributed by atoms with Crippen LogP contribution in [0.1, 0.15) is 30.0 Å². The van der Waals surface area contributed by atoms with Gasteiger partial charge in [0.05, 0.1) is 5.75 Å². The smallest absolute Gasteiger partial charge is 0.318 e. The number of rotatable bonds is 7. The van der Waals surface area contributed by atoms with Crippen molar-refractivity contribution < 1.29 is 14.4 Å². The van der Waals surface area contributed by atoms with Crippen LogP contribution in [0.15, 0.2) is 54.6 Å². The van der Waals surface area contributed by atoms with E-state index in [0.717, 1.165) is 10.6 Å². The maximum Gasteiger partial charge on any atom is 0.344 e. The number of amides is 4. The van der Waals surface area contributed by atoms with Crippen LogP contribution in [0, 0.1) is 6.92 Å². The van der Waals surface area contributed by atoms with E-state index in [9.17, 15) is 14.4 Å². The Hall–Kier alpha value is -2.80. The average molecular weight is 398 g/mol. The van der Waals surface area contributed by atoms with E-state index in [0.29, 0.717) is 17.7 Å². The molecule has 6 nitrogen and oxygen atoms in total. The molecule has 2 aromatic carbocycles. The van der Waals surface area contributed by atoms with E-state index in [-0.39, 0.29) is 11.7 Å². The Bertz CT molecular complexity index is 870. The molecule has 1 aliphatic rings. The van der Waals surface area contributed by atoms with Gasteiger partial charge in [0.1, 0.15) is 5.54 Å². The highest BCUT2D eigenvalue weighted by Gasteiger charge is 2.52. The zero-order valence-electron chi connectivity index (χ0n) is 15.9. The highest BCUT2D eigenvalue weighted by atomic mass is 32.2. The number of nitrogens with zero attached hydrogens (tertiary/aromatic N) is 1. The number of benzene rings is 2. The number of imide groups is 1. The first-order chi connectivity index (χ1) is 13.5. The zero-order valence-corrected chi connectivity index (χ0v) is 16.7. The maximum atomic E-state index is 13.0. The van der Waals surface area contributed by atoms with Crippen molar-refractivity contribution in [1.82, 2.24) is 15.8 Å². The Morgan fingerprint density at radius 1 is 1.11 bits per heavy atom. The number of aryl methyl sites for hydroxylation is 1. The van der Waals surface area contributed by atoms with Crippen LogP contribution in [0.2, 0.25) is 0 Å². The number of urea groups is 1. The first kappa shape index (κ1) is 19.9. The molecule has 0 saturated carbocycles. The summed E-state index contributed by atoms with van der Waals surface area (Å²) >= 11 is 1.43. The van der Waals surface area contributed by atoms with Crippen molar-refractivity contribution in [3.63, 3.8) is 0 Å². The third-order valence-electron chi connectivity index (χ3n) is 4.75. The Morgan fingerprint density at radius 3 is 2.43 bits per heavy atom. The predicted octanol–water partition coefficient (Wildman–Crippen LogP) is 3.12. The highest BCUT2D eigenvalue weighted by Crippen LogP contribution is 2.31. The van der Waals surface area contributed by atoms with Gasteiger partial charge in [0, 0.05) is 5.75 Å². The molecule has 0 radical (unpaired) electrons. The molecule has 28 heavy (non-hydrogen) atoms. The molecule has 2 N–H and O–H groups in total. The van der Waals surface area contributed by atoms with E-state index in [1.54, 1.807) is 12.1 Å². The molecule has 7 heteroatoms. The quantitative estimate of drug-likeness (QED) is 0.704. The van der Waals surface area contributed by atoms with Gasteiger partial charge < -0.3 is 5.32 Å². The number of hydrogen-bond donors (Lipinski definition) is 2. The second-order valence-corrected chi connectivity index (χ2v) is 7.69. The van der Waals surface area contributed by atoms with Crippen molar-refractivity contribution >= 4 is 29.6 Å². The first-order valence-corrected chi connectivity index (χ1v) is 10.3. The van der Waals surface area contributed by atoms with E-state index in [1.807, 2.05) is 56.3 Å². The van der Waals surface area contributed by atoms with E-state index < -0.39 is 17.5 Å². The van der Waals surface area contributed by atoms with Crippen molar-refractivity contribution in [2.75, 3.05) is 5.75 Å². The number of carbonyl (C=O) groups is 3. The molecule has 3 rings (SSSR count). The third kappa shape index (κ3) is 4.04. The molecule has 1 atom stereocenters. The van der Waals surface area contributed by atoms with E-state index >= 15 is 0 Å². The van der Waals surface area contributed by atoms with E-state index in [1.165, 1.54) is 17.3 Å². The summed E-state index contributed by atoms with van der Waals surface area (Å²) in [7, 11) is 0. The Balaban J connectivity index is 1.60. The van der Waals surface area contributed by atoms with Crippen LogP contribution in [0.25, 0.3) is 0 Å². The second-order valence-electron chi connectivity index (χ2n) is 6.71. The molecule has 1 fully saturated rings. The van der Waals surface area contributed by atoms with Crippen LogP contribution in [0.5, 0.6) is 0 Å². The van der Waals surface area contributed by atoms with Gasteiger partial charge in [0.25, 0.3) is 5.91 Å². The lowest BCUT2D eigenvalue weighted by Gasteiger charge is -2.25. The fourth-order valence-corrected chi connectivity index (χ4v) is 3.92. The van der Waals surface area contributed by atoms with Gasteiger partial charge in [0.15, 0.2) is 0 Å². The minimum absolute atomic E-state index is 0.148. The number of nitrogens with one attached hydrogen (secondary N) is 2. The average Bonchev–Trinajstić information content (AvgIpc) is 2.95. The van der Waals surface area contributed by atoms with Crippen LogP contribution in [0.4, 0.5) is 4.79 Å². The summed E-state index contributed by atoms with van der Waals surface area (Å²) in [6, 6.07) is 16.5. The van der Waals surface area contributed by atoms with E-state index in [2.05, 4.69) is 10.7 Å². The molecule has 1 saturated heterocycles. The molecule has 4 amide bonds. The number of carbonyl (C=O) groups excluding carboxylic acids is 3. The monoisotopic (exact) mass is 397 g/mol. The van der Waals surface area contributed by atoms with Gasteiger partial charge in [-0.25, -0.2) is 4.79 Å². The summed E-state index contributed by atoms with van der Waals surface area (Å²) in [6.07, 6.45) is 0.385. The van der Waals surface area contributed by atoms with Crippen molar-refractivity contribution in [2.24, 2.45) is 0 Å². The molecule has 0 aromatic heterocycles. The molecular formula is C21H23N3O3S. The number of hydrazine groups is 1. The molecule has 0 aliphatic carbocycles.